The van der Waals surface area contributed by atoms with Crippen LogP contribution in [-0.2, 0) is 9.59 Å². The fourth-order valence-electron chi connectivity index (χ4n) is 4.09. The first-order valence-corrected chi connectivity index (χ1v) is 11.3. The summed E-state index contributed by atoms with van der Waals surface area (Å²) in [7, 11) is 0. The Morgan fingerprint density at radius 3 is 2.34 bits per heavy atom. The van der Waals surface area contributed by atoms with Gasteiger partial charge in [-0.25, -0.2) is 4.90 Å². The summed E-state index contributed by atoms with van der Waals surface area (Å²) in [6.45, 7) is 3.79. The van der Waals surface area contributed by atoms with Crippen LogP contribution in [0, 0.1) is 13.8 Å². The number of rotatable bonds is 5. The van der Waals surface area contributed by atoms with Crippen LogP contribution in [0.25, 0.3) is 0 Å². The monoisotopic (exact) mass is 451 g/mol. The van der Waals surface area contributed by atoms with E-state index in [4.69, 9.17) is 11.6 Å². The summed E-state index contributed by atoms with van der Waals surface area (Å²) in [6.07, 6.45) is 5.47. The molecule has 3 amide bonds. The summed E-state index contributed by atoms with van der Waals surface area (Å²) in [6, 6.07) is 12.5. The molecule has 0 unspecified atom stereocenters. The lowest BCUT2D eigenvalue weighted by Crippen LogP contribution is -2.36. The second-order valence-corrected chi connectivity index (χ2v) is 8.81. The summed E-state index contributed by atoms with van der Waals surface area (Å²) in [4.78, 5) is 39.5. The van der Waals surface area contributed by atoms with Crippen LogP contribution in [0.3, 0.4) is 0 Å². The molecule has 1 saturated carbocycles. The maximum absolute atomic E-state index is 13.0. The predicted molar refractivity (Wildman–Crippen MR) is 126 cm³/mol. The smallest absolute Gasteiger partial charge is 0.283 e. The average molecular weight is 452 g/mol. The zero-order valence-corrected chi connectivity index (χ0v) is 19.0. The molecule has 0 radical (unpaired) electrons. The van der Waals surface area contributed by atoms with E-state index < -0.39 is 11.8 Å². The molecule has 1 heterocycles. The summed E-state index contributed by atoms with van der Waals surface area (Å²) in [5.74, 6) is -1.25. The Morgan fingerprint density at radius 2 is 1.66 bits per heavy atom. The molecule has 4 rings (SSSR count). The van der Waals surface area contributed by atoms with Crippen molar-refractivity contribution < 1.29 is 14.4 Å². The number of nitrogens with zero attached hydrogens (tertiary/aromatic N) is 1. The van der Waals surface area contributed by atoms with Crippen molar-refractivity contribution in [2.75, 3.05) is 10.2 Å². The third-order valence-corrected chi connectivity index (χ3v) is 6.37. The summed E-state index contributed by atoms with van der Waals surface area (Å²) in [5, 5.41) is 5.93. The average Bonchev–Trinajstić information content (AvgIpc) is 2.99. The zero-order valence-electron chi connectivity index (χ0n) is 18.2. The molecule has 6 nitrogen and oxygen atoms in total. The number of benzene rings is 2. The Bertz CT molecular complexity index is 1100. The van der Waals surface area contributed by atoms with Gasteiger partial charge in [-0.3, -0.25) is 14.4 Å². The van der Waals surface area contributed by atoms with Gasteiger partial charge in [0.15, 0.2) is 0 Å². The fraction of sp³-hybridized carbons (Fsp3) is 0.320. The zero-order chi connectivity index (χ0) is 22.8. The molecule has 7 heteroatoms. The molecule has 166 valence electrons. The van der Waals surface area contributed by atoms with Crippen LogP contribution < -0.4 is 15.5 Å². The molecule has 0 aromatic heterocycles. The van der Waals surface area contributed by atoms with Crippen LogP contribution in [0.2, 0.25) is 0 Å². The van der Waals surface area contributed by atoms with E-state index in [1.165, 1.54) is 6.42 Å². The van der Waals surface area contributed by atoms with Gasteiger partial charge in [-0.1, -0.05) is 54.6 Å². The van der Waals surface area contributed by atoms with Crippen molar-refractivity contribution in [3.63, 3.8) is 0 Å². The van der Waals surface area contributed by atoms with E-state index in [0.29, 0.717) is 16.9 Å². The highest BCUT2D eigenvalue weighted by atomic mass is 35.5. The van der Waals surface area contributed by atoms with E-state index in [0.717, 1.165) is 41.7 Å². The normalized spacial score (nSPS) is 17.2. The van der Waals surface area contributed by atoms with Gasteiger partial charge in [-0.15, -0.1) is 0 Å². The predicted octanol–water partition coefficient (Wildman–Crippen LogP) is 4.80. The Balaban J connectivity index is 1.54. The van der Waals surface area contributed by atoms with Crippen molar-refractivity contribution >= 4 is 40.7 Å². The van der Waals surface area contributed by atoms with E-state index in [2.05, 4.69) is 10.6 Å². The van der Waals surface area contributed by atoms with Crippen molar-refractivity contribution in [3.05, 3.63) is 69.9 Å². The molecular formula is C25H26ClN3O3. The molecule has 2 N–H and O–H groups in total. The first-order chi connectivity index (χ1) is 15.3. The Labute approximate surface area is 192 Å². The van der Waals surface area contributed by atoms with Crippen LogP contribution in [-0.4, -0.2) is 23.8 Å². The highest BCUT2D eigenvalue weighted by Gasteiger charge is 2.39. The minimum atomic E-state index is -0.577. The van der Waals surface area contributed by atoms with E-state index in [9.17, 15) is 14.4 Å². The molecule has 2 aromatic carbocycles. The van der Waals surface area contributed by atoms with Gasteiger partial charge in [0.2, 0.25) is 0 Å². The molecule has 1 aliphatic carbocycles. The molecule has 0 saturated heterocycles. The minimum absolute atomic E-state index is 0.00480. The van der Waals surface area contributed by atoms with E-state index in [-0.39, 0.29) is 22.7 Å². The summed E-state index contributed by atoms with van der Waals surface area (Å²) < 4.78 is 0. The maximum Gasteiger partial charge on any atom is 0.283 e. The third kappa shape index (κ3) is 4.41. The highest BCUT2D eigenvalue weighted by Crippen LogP contribution is 2.31. The maximum atomic E-state index is 13.0. The molecule has 0 bridgehead atoms. The lowest BCUT2D eigenvalue weighted by molar-refractivity contribution is -0.120. The second kappa shape index (κ2) is 9.17. The number of carbonyl (C=O) groups is 3. The van der Waals surface area contributed by atoms with Crippen molar-refractivity contribution in [2.45, 2.75) is 52.0 Å². The van der Waals surface area contributed by atoms with Gasteiger partial charge in [0.1, 0.15) is 10.7 Å². The van der Waals surface area contributed by atoms with E-state index in [1.807, 2.05) is 32.0 Å². The van der Waals surface area contributed by atoms with Gasteiger partial charge in [-0.2, -0.15) is 0 Å². The molecule has 1 aliphatic heterocycles. The molecule has 0 spiro atoms. The molecule has 32 heavy (non-hydrogen) atoms. The van der Waals surface area contributed by atoms with Crippen LogP contribution >= 0.6 is 11.6 Å². The highest BCUT2D eigenvalue weighted by molar-refractivity contribution is 6.53. The Kier molecular flexibility index (Phi) is 6.33. The van der Waals surface area contributed by atoms with Gasteiger partial charge in [-0.05, 0) is 56.5 Å². The molecular weight excluding hydrogens is 426 g/mol. The van der Waals surface area contributed by atoms with Crippen LogP contribution in [0.1, 0.15) is 53.6 Å². The molecule has 2 aliphatic rings. The lowest BCUT2D eigenvalue weighted by atomic mass is 9.95. The number of hydrogen-bond donors (Lipinski definition) is 2. The van der Waals surface area contributed by atoms with E-state index >= 15 is 0 Å². The van der Waals surface area contributed by atoms with Crippen LogP contribution in [0.15, 0.2) is 53.2 Å². The number of imide groups is 1. The number of hydrogen-bond acceptors (Lipinski definition) is 4. The van der Waals surface area contributed by atoms with Gasteiger partial charge >= 0.3 is 0 Å². The summed E-state index contributed by atoms with van der Waals surface area (Å²) >= 11 is 6.26. The first-order valence-electron chi connectivity index (χ1n) is 10.9. The standard InChI is InChI=1S/C25H26ClN3O3/c1-15-8-12-19(13-9-15)29-24(31)21(26)22(25(29)32)28-20-14-17(11-10-16(20)2)23(30)27-18-6-4-3-5-7-18/h8-14,18,28H,3-7H2,1-2H3,(H,27,30). The van der Waals surface area contributed by atoms with Gasteiger partial charge in [0.25, 0.3) is 17.7 Å². The Hall–Kier alpha value is -3.12. The number of amides is 3. The fourth-order valence-corrected chi connectivity index (χ4v) is 4.30. The van der Waals surface area contributed by atoms with Crippen molar-refractivity contribution in [1.82, 2.24) is 5.32 Å². The third-order valence-electron chi connectivity index (χ3n) is 6.02. The van der Waals surface area contributed by atoms with Crippen molar-refractivity contribution in [1.29, 1.82) is 0 Å². The second-order valence-electron chi connectivity index (χ2n) is 8.43. The number of carbonyl (C=O) groups excluding carboxylic acids is 3. The molecule has 1 fully saturated rings. The van der Waals surface area contributed by atoms with Crippen molar-refractivity contribution in [3.8, 4) is 0 Å². The largest absolute Gasteiger partial charge is 0.349 e. The number of nitrogens with one attached hydrogen (secondary N) is 2. The minimum Gasteiger partial charge on any atom is -0.349 e. The number of aryl methyl sites for hydroxylation is 2. The number of anilines is 2. The van der Waals surface area contributed by atoms with E-state index in [1.54, 1.807) is 24.3 Å². The molecule has 0 atom stereocenters. The van der Waals surface area contributed by atoms with Gasteiger partial charge in [0.05, 0.1) is 5.69 Å². The number of halogens is 1. The lowest BCUT2D eigenvalue weighted by Gasteiger charge is -2.23. The molecule has 2 aromatic rings. The van der Waals surface area contributed by atoms with Crippen LogP contribution in [0.5, 0.6) is 0 Å². The van der Waals surface area contributed by atoms with Crippen LogP contribution in [0.4, 0.5) is 11.4 Å². The first kappa shape index (κ1) is 22.1. The quantitative estimate of drug-likeness (QED) is 0.640. The SMILES string of the molecule is Cc1ccc(N2C(=O)C(Cl)=C(Nc3cc(C(=O)NC4CCCCC4)ccc3C)C2=O)cc1. The van der Waals surface area contributed by atoms with Gasteiger partial charge in [0, 0.05) is 17.3 Å². The van der Waals surface area contributed by atoms with Gasteiger partial charge < -0.3 is 10.6 Å². The topological polar surface area (TPSA) is 78.5 Å². The summed E-state index contributed by atoms with van der Waals surface area (Å²) in [5.41, 5.74) is 3.35. The van der Waals surface area contributed by atoms with Crippen molar-refractivity contribution in [2.24, 2.45) is 0 Å². The Morgan fingerprint density at radius 1 is 0.969 bits per heavy atom.